The Morgan fingerprint density at radius 3 is 2.53 bits per heavy atom. The fourth-order valence-electron chi connectivity index (χ4n) is 5.48. The first-order valence-electron chi connectivity index (χ1n) is 13.5. The van der Waals surface area contributed by atoms with Gasteiger partial charge < -0.3 is 20.9 Å². The SMILES string of the molecule is CC#C[C@@H](CC(=O)OC(=O)[C@@H](N)CCCCN)c1ccc(OCC2=CCCC3(CCCCC3)C2)cc1. The zero-order chi connectivity index (χ0) is 25.8. The van der Waals surface area contributed by atoms with E-state index in [-0.39, 0.29) is 12.3 Å². The third-order valence-corrected chi connectivity index (χ3v) is 7.51. The van der Waals surface area contributed by atoms with Crippen LogP contribution in [0.5, 0.6) is 5.75 Å². The first-order valence-corrected chi connectivity index (χ1v) is 13.5. The molecule has 6 heteroatoms. The molecular weight excluding hydrogens is 452 g/mol. The Morgan fingerprint density at radius 2 is 1.83 bits per heavy atom. The highest BCUT2D eigenvalue weighted by Crippen LogP contribution is 2.47. The molecule has 3 rings (SSSR count). The van der Waals surface area contributed by atoms with Gasteiger partial charge in [0.1, 0.15) is 18.4 Å². The number of carbonyl (C=O) groups is 2. The number of esters is 2. The van der Waals surface area contributed by atoms with Crippen molar-refractivity contribution < 1.29 is 19.1 Å². The number of benzene rings is 1. The molecule has 1 spiro atoms. The van der Waals surface area contributed by atoms with Crippen LogP contribution in [0.2, 0.25) is 0 Å². The van der Waals surface area contributed by atoms with Crippen molar-refractivity contribution >= 4 is 11.9 Å². The first-order chi connectivity index (χ1) is 17.4. The molecule has 1 saturated carbocycles. The van der Waals surface area contributed by atoms with Crippen LogP contribution in [0.25, 0.3) is 0 Å². The smallest absolute Gasteiger partial charge is 0.330 e. The number of nitrogens with two attached hydrogens (primary N) is 2. The minimum absolute atomic E-state index is 0.0166. The summed E-state index contributed by atoms with van der Waals surface area (Å²) in [6.45, 7) is 2.89. The third-order valence-electron chi connectivity index (χ3n) is 7.51. The van der Waals surface area contributed by atoms with Crippen LogP contribution in [0.1, 0.15) is 95.5 Å². The van der Waals surface area contributed by atoms with Gasteiger partial charge in [-0.05, 0) is 87.1 Å². The molecule has 0 heterocycles. The Morgan fingerprint density at radius 1 is 1.08 bits per heavy atom. The molecule has 2 aliphatic carbocycles. The Bertz CT molecular complexity index is 951. The summed E-state index contributed by atoms with van der Waals surface area (Å²) in [5.74, 6) is 5.04. The van der Waals surface area contributed by atoms with E-state index in [2.05, 4.69) is 17.9 Å². The van der Waals surface area contributed by atoms with E-state index in [4.69, 9.17) is 20.9 Å². The van der Waals surface area contributed by atoms with Gasteiger partial charge in [0, 0.05) is 0 Å². The van der Waals surface area contributed by atoms with E-state index in [0.29, 0.717) is 25.0 Å². The molecule has 2 atom stereocenters. The van der Waals surface area contributed by atoms with Crippen LogP contribution in [0, 0.1) is 17.3 Å². The van der Waals surface area contributed by atoms with Gasteiger partial charge in [0.2, 0.25) is 0 Å². The van der Waals surface area contributed by atoms with Crippen molar-refractivity contribution in [2.75, 3.05) is 13.2 Å². The van der Waals surface area contributed by atoms with E-state index in [1.54, 1.807) is 6.92 Å². The maximum Gasteiger partial charge on any atom is 0.330 e. The molecule has 1 fully saturated rings. The highest BCUT2D eigenvalue weighted by Gasteiger charge is 2.34. The monoisotopic (exact) mass is 494 g/mol. The van der Waals surface area contributed by atoms with E-state index in [0.717, 1.165) is 37.0 Å². The number of hydrogen-bond donors (Lipinski definition) is 2. The van der Waals surface area contributed by atoms with Gasteiger partial charge in [-0.3, -0.25) is 4.79 Å². The molecule has 196 valence electrons. The molecule has 0 amide bonds. The predicted molar refractivity (Wildman–Crippen MR) is 142 cm³/mol. The largest absolute Gasteiger partial charge is 0.489 e. The summed E-state index contributed by atoms with van der Waals surface area (Å²) in [4.78, 5) is 24.5. The number of allylic oxidation sites excluding steroid dienone is 1. The lowest BCUT2D eigenvalue weighted by molar-refractivity contribution is -0.160. The van der Waals surface area contributed by atoms with Gasteiger partial charge >= 0.3 is 11.9 Å². The standard InChI is InChI=1S/C30H42N2O4/c1-2-9-25(20-28(33)36-29(34)27(32)11-4-7-19-31)24-12-14-26(15-13-24)35-22-23-10-8-18-30(21-23)16-5-3-6-17-30/h10,12-15,25,27H,3-8,11,16-22,31-32H2,1H3/t25-,27-/m0/s1. The van der Waals surface area contributed by atoms with Gasteiger partial charge in [-0.1, -0.05) is 49.8 Å². The van der Waals surface area contributed by atoms with Crippen LogP contribution in [0.4, 0.5) is 0 Å². The van der Waals surface area contributed by atoms with Gasteiger partial charge in [0.15, 0.2) is 0 Å². The molecule has 0 aliphatic heterocycles. The summed E-state index contributed by atoms with van der Waals surface area (Å²) in [6, 6.07) is 6.87. The van der Waals surface area contributed by atoms with E-state index in [9.17, 15) is 9.59 Å². The second-order valence-corrected chi connectivity index (χ2v) is 10.3. The molecule has 4 N–H and O–H groups in total. The highest BCUT2D eigenvalue weighted by molar-refractivity contribution is 5.88. The Balaban J connectivity index is 1.50. The number of hydrogen-bond acceptors (Lipinski definition) is 6. The Labute approximate surface area is 216 Å². The molecule has 1 aromatic carbocycles. The Kier molecular flexibility index (Phi) is 11.0. The molecule has 0 aromatic heterocycles. The quantitative estimate of drug-likeness (QED) is 0.145. The fourth-order valence-corrected chi connectivity index (χ4v) is 5.48. The second-order valence-electron chi connectivity index (χ2n) is 10.3. The van der Waals surface area contributed by atoms with Crippen LogP contribution in [-0.4, -0.2) is 31.1 Å². The van der Waals surface area contributed by atoms with E-state index < -0.39 is 18.0 Å². The van der Waals surface area contributed by atoms with Gasteiger partial charge in [0.05, 0.1) is 12.3 Å². The third kappa shape index (κ3) is 8.50. The van der Waals surface area contributed by atoms with Gasteiger partial charge in [-0.2, -0.15) is 0 Å². The summed E-state index contributed by atoms with van der Waals surface area (Å²) < 4.78 is 11.1. The summed E-state index contributed by atoms with van der Waals surface area (Å²) >= 11 is 0. The van der Waals surface area contributed by atoms with Crippen LogP contribution < -0.4 is 16.2 Å². The van der Waals surface area contributed by atoms with Crippen LogP contribution in [-0.2, 0) is 14.3 Å². The molecule has 0 bridgehead atoms. The molecule has 0 saturated heterocycles. The average Bonchev–Trinajstić information content (AvgIpc) is 2.88. The lowest BCUT2D eigenvalue weighted by atomic mass is 9.65. The maximum absolute atomic E-state index is 12.4. The maximum atomic E-state index is 12.4. The van der Waals surface area contributed by atoms with Crippen molar-refractivity contribution in [1.29, 1.82) is 0 Å². The zero-order valence-electron chi connectivity index (χ0n) is 21.7. The topological polar surface area (TPSA) is 105 Å². The van der Waals surface area contributed by atoms with E-state index >= 15 is 0 Å². The summed E-state index contributed by atoms with van der Waals surface area (Å²) in [5, 5.41) is 0. The van der Waals surface area contributed by atoms with Crippen molar-refractivity contribution in [3.05, 3.63) is 41.5 Å². The van der Waals surface area contributed by atoms with Crippen LogP contribution >= 0.6 is 0 Å². The summed E-state index contributed by atoms with van der Waals surface area (Å²) in [6.07, 6.45) is 14.7. The molecule has 36 heavy (non-hydrogen) atoms. The Hall–Kier alpha value is -2.62. The second kappa shape index (κ2) is 14.2. The van der Waals surface area contributed by atoms with Crippen molar-refractivity contribution in [2.45, 2.75) is 95.9 Å². The predicted octanol–water partition coefficient (Wildman–Crippen LogP) is 5.15. The molecule has 6 nitrogen and oxygen atoms in total. The number of unbranched alkanes of at least 4 members (excludes halogenated alkanes) is 1. The number of rotatable bonds is 11. The summed E-state index contributed by atoms with van der Waals surface area (Å²) in [5.41, 5.74) is 14.1. The molecule has 1 aromatic rings. The molecular formula is C30H42N2O4. The lowest BCUT2D eigenvalue weighted by Crippen LogP contribution is -2.34. The molecule has 2 aliphatic rings. The minimum Gasteiger partial charge on any atom is -0.489 e. The highest BCUT2D eigenvalue weighted by atomic mass is 16.6. The number of ether oxygens (including phenoxy) is 2. The zero-order valence-corrected chi connectivity index (χ0v) is 21.7. The van der Waals surface area contributed by atoms with Crippen LogP contribution in [0.3, 0.4) is 0 Å². The fraction of sp³-hybridized carbons (Fsp3) is 0.600. The van der Waals surface area contributed by atoms with Crippen LogP contribution in [0.15, 0.2) is 35.9 Å². The average molecular weight is 495 g/mol. The molecule has 0 radical (unpaired) electrons. The normalized spacial score (nSPS) is 18.4. The molecule has 0 unspecified atom stereocenters. The van der Waals surface area contributed by atoms with Crippen molar-refractivity contribution in [2.24, 2.45) is 16.9 Å². The van der Waals surface area contributed by atoms with Gasteiger partial charge in [-0.15, -0.1) is 5.92 Å². The lowest BCUT2D eigenvalue weighted by Gasteiger charge is -2.40. The van der Waals surface area contributed by atoms with Crippen molar-refractivity contribution in [1.82, 2.24) is 0 Å². The van der Waals surface area contributed by atoms with Gasteiger partial charge in [-0.25, -0.2) is 4.79 Å². The van der Waals surface area contributed by atoms with E-state index in [1.807, 2.05) is 24.3 Å². The van der Waals surface area contributed by atoms with E-state index in [1.165, 1.54) is 44.1 Å². The first kappa shape index (κ1) is 28.0. The number of carbonyl (C=O) groups excluding carboxylic acids is 2. The summed E-state index contributed by atoms with van der Waals surface area (Å²) in [7, 11) is 0. The minimum atomic E-state index is -0.820. The van der Waals surface area contributed by atoms with Crippen molar-refractivity contribution in [3.63, 3.8) is 0 Å². The van der Waals surface area contributed by atoms with Crippen molar-refractivity contribution in [3.8, 4) is 17.6 Å². The van der Waals surface area contributed by atoms with Gasteiger partial charge in [0.25, 0.3) is 0 Å².